The molecule has 0 aliphatic rings. The maximum atomic E-state index is 12.4. The Morgan fingerprint density at radius 3 is 2.45 bits per heavy atom. The molecule has 166 valence electrons. The molecule has 4 aromatic rings. The fourth-order valence-corrected chi connectivity index (χ4v) is 4.44. The molecule has 0 bridgehead atoms. The number of carbonyl (C=O) groups excluding carboxylic acids is 2. The van der Waals surface area contributed by atoms with Gasteiger partial charge in [0.25, 0.3) is 11.8 Å². The Labute approximate surface area is 199 Å². The molecule has 1 aromatic heterocycles. The van der Waals surface area contributed by atoms with E-state index in [4.69, 9.17) is 16.3 Å². The average molecular weight is 478 g/mol. The van der Waals surface area contributed by atoms with Crippen LogP contribution in [0.3, 0.4) is 0 Å². The fraction of sp³-hybridized carbons (Fsp3) is 0.0800. The first-order valence-corrected chi connectivity index (χ1v) is 11.3. The second-order valence-electron chi connectivity index (χ2n) is 7.06. The van der Waals surface area contributed by atoms with E-state index in [-0.39, 0.29) is 6.54 Å². The van der Waals surface area contributed by atoms with E-state index < -0.39 is 11.8 Å². The summed E-state index contributed by atoms with van der Waals surface area (Å²) in [5, 5.41) is 7.71. The van der Waals surface area contributed by atoms with E-state index in [9.17, 15) is 9.59 Å². The third-order valence-corrected chi connectivity index (χ3v) is 6.36. The van der Waals surface area contributed by atoms with Crippen LogP contribution >= 0.6 is 22.9 Å². The first kappa shape index (κ1) is 22.5. The van der Waals surface area contributed by atoms with Crippen molar-refractivity contribution >= 4 is 51.1 Å². The number of ether oxygens (including phenoxy) is 1. The maximum Gasteiger partial charge on any atom is 0.263 e. The van der Waals surface area contributed by atoms with E-state index in [0.717, 1.165) is 27.0 Å². The third-order valence-electron chi connectivity index (χ3n) is 4.68. The van der Waals surface area contributed by atoms with Gasteiger partial charge in [-0.1, -0.05) is 60.1 Å². The molecule has 33 heavy (non-hydrogen) atoms. The number of hydrogen-bond donors (Lipinski definition) is 2. The van der Waals surface area contributed by atoms with Gasteiger partial charge in [0.15, 0.2) is 0 Å². The van der Waals surface area contributed by atoms with E-state index in [1.807, 2.05) is 78.9 Å². The lowest BCUT2D eigenvalue weighted by molar-refractivity contribution is -0.120. The normalized spacial score (nSPS) is 10.9. The summed E-state index contributed by atoms with van der Waals surface area (Å²) in [6, 6.07) is 24.7. The minimum Gasteiger partial charge on any atom is -0.489 e. The van der Waals surface area contributed by atoms with Crippen LogP contribution in [0, 0.1) is 0 Å². The summed E-state index contributed by atoms with van der Waals surface area (Å²) in [6.07, 6.45) is 1.52. The van der Waals surface area contributed by atoms with Crippen LogP contribution in [0.1, 0.15) is 20.8 Å². The van der Waals surface area contributed by atoms with Gasteiger partial charge in [0, 0.05) is 10.1 Å². The lowest BCUT2D eigenvalue weighted by Crippen LogP contribution is -2.34. The quantitative estimate of drug-likeness (QED) is 0.276. The molecule has 1 heterocycles. The van der Waals surface area contributed by atoms with Gasteiger partial charge in [-0.05, 0) is 41.5 Å². The number of carbonyl (C=O) groups is 2. The van der Waals surface area contributed by atoms with Crippen molar-refractivity contribution in [3.63, 3.8) is 0 Å². The molecule has 0 aliphatic carbocycles. The van der Waals surface area contributed by atoms with E-state index in [1.54, 1.807) is 0 Å². The highest BCUT2D eigenvalue weighted by Crippen LogP contribution is 2.34. The van der Waals surface area contributed by atoms with Gasteiger partial charge in [0.2, 0.25) is 0 Å². The van der Waals surface area contributed by atoms with Gasteiger partial charge in [-0.25, -0.2) is 5.43 Å². The average Bonchev–Trinajstić information content (AvgIpc) is 3.19. The molecule has 8 heteroatoms. The Morgan fingerprint density at radius 1 is 0.970 bits per heavy atom. The molecule has 4 rings (SSSR count). The number of amides is 2. The number of hydrogen-bond acceptors (Lipinski definition) is 5. The number of hydrazone groups is 1. The molecule has 2 N–H and O–H groups in total. The van der Waals surface area contributed by atoms with Crippen LogP contribution in [0.2, 0.25) is 5.02 Å². The molecular formula is C25H20ClN3O3S. The van der Waals surface area contributed by atoms with Crippen molar-refractivity contribution < 1.29 is 14.3 Å². The van der Waals surface area contributed by atoms with E-state index in [1.165, 1.54) is 17.6 Å². The molecule has 0 spiro atoms. The number of benzene rings is 3. The largest absolute Gasteiger partial charge is 0.489 e. The van der Waals surface area contributed by atoms with Gasteiger partial charge in [-0.2, -0.15) is 5.10 Å². The van der Waals surface area contributed by atoms with Crippen molar-refractivity contribution in [3.05, 3.63) is 99.9 Å². The van der Waals surface area contributed by atoms with Gasteiger partial charge in [-0.15, -0.1) is 11.3 Å². The SMILES string of the molecule is O=C(CNC(=O)c1sc2ccccc2c1Cl)N/N=C\c1ccc(OCc2ccccc2)cc1. The maximum absolute atomic E-state index is 12.4. The van der Waals surface area contributed by atoms with Crippen molar-refractivity contribution in [1.82, 2.24) is 10.7 Å². The van der Waals surface area contributed by atoms with E-state index in [2.05, 4.69) is 15.8 Å². The molecule has 0 saturated heterocycles. The standard InChI is InChI=1S/C25H20ClN3O3S/c26-23-20-8-4-5-9-21(20)33-24(23)25(31)27-15-22(30)29-28-14-17-10-12-19(13-11-17)32-16-18-6-2-1-3-7-18/h1-14H,15-16H2,(H,27,31)(H,29,30)/b28-14-. The van der Waals surface area contributed by atoms with Crippen LogP contribution < -0.4 is 15.5 Å². The third kappa shape index (κ3) is 5.97. The molecule has 6 nitrogen and oxygen atoms in total. The summed E-state index contributed by atoms with van der Waals surface area (Å²) in [5.41, 5.74) is 4.28. The first-order valence-electron chi connectivity index (χ1n) is 10.1. The minimum absolute atomic E-state index is 0.215. The van der Waals surface area contributed by atoms with Crippen molar-refractivity contribution in [3.8, 4) is 5.75 Å². The fourth-order valence-electron chi connectivity index (χ4n) is 3.01. The molecule has 0 aliphatic heterocycles. The molecule has 0 unspecified atom stereocenters. The van der Waals surface area contributed by atoms with Crippen molar-refractivity contribution in [2.45, 2.75) is 6.61 Å². The Morgan fingerprint density at radius 2 is 1.70 bits per heavy atom. The molecule has 3 aromatic carbocycles. The van der Waals surface area contributed by atoms with Gasteiger partial charge in [-0.3, -0.25) is 9.59 Å². The van der Waals surface area contributed by atoms with Crippen LogP contribution in [0.25, 0.3) is 10.1 Å². The zero-order valence-corrected chi connectivity index (χ0v) is 19.0. The Balaban J connectivity index is 1.23. The predicted octanol–water partition coefficient (Wildman–Crippen LogP) is 5.01. The van der Waals surface area contributed by atoms with Crippen molar-refractivity contribution in [2.24, 2.45) is 5.10 Å². The molecule has 2 amide bonds. The summed E-state index contributed by atoms with van der Waals surface area (Å²) in [4.78, 5) is 24.8. The molecule has 0 fully saturated rings. The number of thiophene rings is 1. The zero-order valence-electron chi connectivity index (χ0n) is 17.5. The number of nitrogens with one attached hydrogen (secondary N) is 2. The predicted molar refractivity (Wildman–Crippen MR) is 132 cm³/mol. The summed E-state index contributed by atoms with van der Waals surface area (Å²) in [6.45, 7) is 0.274. The van der Waals surface area contributed by atoms with Crippen LogP contribution in [0.4, 0.5) is 0 Å². The number of fused-ring (bicyclic) bond motifs is 1. The minimum atomic E-state index is -0.445. The van der Waals surface area contributed by atoms with Crippen LogP contribution in [0.5, 0.6) is 5.75 Å². The number of nitrogens with zero attached hydrogens (tertiary/aromatic N) is 1. The topological polar surface area (TPSA) is 79.8 Å². The highest BCUT2D eigenvalue weighted by Gasteiger charge is 2.17. The zero-order chi connectivity index (χ0) is 23.0. The second kappa shape index (κ2) is 10.8. The highest BCUT2D eigenvalue weighted by molar-refractivity contribution is 7.21. The number of halogens is 1. The monoisotopic (exact) mass is 477 g/mol. The Hall–Kier alpha value is -3.68. The first-order chi connectivity index (χ1) is 16.1. The van der Waals surface area contributed by atoms with Crippen molar-refractivity contribution in [2.75, 3.05) is 6.54 Å². The van der Waals surface area contributed by atoms with Gasteiger partial charge in [0.05, 0.1) is 17.8 Å². The number of rotatable bonds is 8. The molecule has 0 radical (unpaired) electrons. The lowest BCUT2D eigenvalue weighted by atomic mass is 10.2. The molecule has 0 atom stereocenters. The van der Waals surface area contributed by atoms with Crippen LogP contribution in [-0.4, -0.2) is 24.6 Å². The molecular weight excluding hydrogens is 458 g/mol. The van der Waals surface area contributed by atoms with Gasteiger partial charge in [0.1, 0.15) is 17.2 Å². The Bertz CT molecular complexity index is 1290. The Kier molecular flexibility index (Phi) is 7.34. The van der Waals surface area contributed by atoms with Gasteiger partial charge < -0.3 is 10.1 Å². The second-order valence-corrected chi connectivity index (χ2v) is 8.49. The van der Waals surface area contributed by atoms with Gasteiger partial charge >= 0.3 is 0 Å². The summed E-state index contributed by atoms with van der Waals surface area (Å²) in [5.74, 6) is -0.103. The van der Waals surface area contributed by atoms with Crippen molar-refractivity contribution in [1.29, 1.82) is 0 Å². The van der Waals surface area contributed by atoms with Crippen LogP contribution in [-0.2, 0) is 11.4 Å². The summed E-state index contributed by atoms with van der Waals surface area (Å²) < 4.78 is 6.66. The lowest BCUT2D eigenvalue weighted by Gasteiger charge is -2.06. The molecule has 0 saturated carbocycles. The summed E-state index contributed by atoms with van der Waals surface area (Å²) >= 11 is 7.58. The highest BCUT2D eigenvalue weighted by atomic mass is 35.5. The summed E-state index contributed by atoms with van der Waals surface area (Å²) in [7, 11) is 0. The van der Waals surface area contributed by atoms with E-state index in [0.29, 0.717) is 16.5 Å². The van der Waals surface area contributed by atoms with E-state index >= 15 is 0 Å². The smallest absolute Gasteiger partial charge is 0.263 e. The van der Waals surface area contributed by atoms with Crippen LogP contribution in [0.15, 0.2) is 84.0 Å².